The van der Waals surface area contributed by atoms with Crippen LogP contribution in [-0.4, -0.2) is 20.8 Å². The molecule has 0 bridgehead atoms. The van der Waals surface area contributed by atoms with Crippen LogP contribution < -0.4 is 16.0 Å². The lowest BCUT2D eigenvalue weighted by atomic mass is 10.0. The minimum Gasteiger partial charge on any atom is -0.497 e. The van der Waals surface area contributed by atoms with Gasteiger partial charge in [0, 0.05) is 19.8 Å². The Labute approximate surface area is 96.7 Å². The van der Waals surface area contributed by atoms with Crippen molar-refractivity contribution in [1.29, 1.82) is 0 Å². The Morgan fingerprint density at radius 1 is 1.25 bits per heavy atom. The van der Waals surface area contributed by atoms with Gasteiger partial charge in [-0.2, -0.15) is 0 Å². The van der Waals surface area contributed by atoms with E-state index in [9.17, 15) is 0 Å². The van der Waals surface area contributed by atoms with Crippen molar-refractivity contribution in [2.75, 3.05) is 20.8 Å². The van der Waals surface area contributed by atoms with E-state index in [1.165, 1.54) is 5.56 Å². The van der Waals surface area contributed by atoms with E-state index in [1.807, 2.05) is 24.3 Å². The maximum atomic E-state index is 5.54. The molecule has 0 spiro atoms. The molecule has 0 fully saturated rings. The summed E-state index contributed by atoms with van der Waals surface area (Å²) in [6.45, 7) is 0.758. The third-order valence-electron chi connectivity index (χ3n) is 2.56. The fourth-order valence-electron chi connectivity index (χ4n) is 1.61. The lowest BCUT2D eigenvalue weighted by Crippen LogP contribution is -2.28. The number of hydrazine groups is 1. The van der Waals surface area contributed by atoms with Crippen molar-refractivity contribution in [2.45, 2.75) is 18.9 Å². The van der Waals surface area contributed by atoms with E-state index >= 15 is 0 Å². The zero-order valence-corrected chi connectivity index (χ0v) is 9.90. The van der Waals surface area contributed by atoms with Gasteiger partial charge in [0.05, 0.1) is 7.11 Å². The first kappa shape index (κ1) is 13.0. The lowest BCUT2D eigenvalue weighted by Gasteiger charge is -2.16. The average molecular weight is 224 g/mol. The molecule has 1 aromatic rings. The molecule has 0 aliphatic rings. The Balaban J connectivity index is 2.56. The monoisotopic (exact) mass is 224 g/mol. The zero-order valence-electron chi connectivity index (χ0n) is 9.90. The van der Waals surface area contributed by atoms with Crippen LogP contribution in [0.3, 0.4) is 0 Å². The molecular weight excluding hydrogens is 204 g/mol. The van der Waals surface area contributed by atoms with Gasteiger partial charge in [-0.15, -0.1) is 0 Å². The highest BCUT2D eigenvalue weighted by atomic mass is 16.5. The maximum Gasteiger partial charge on any atom is 0.118 e. The summed E-state index contributed by atoms with van der Waals surface area (Å²) in [5, 5.41) is 0. The highest BCUT2D eigenvalue weighted by molar-refractivity contribution is 5.28. The minimum absolute atomic E-state index is 0.168. The Morgan fingerprint density at radius 2 is 1.94 bits per heavy atom. The summed E-state index contributed by atoms with van der Waals surface area (Å²) in [4.78, 5) is 0. The van der Waals surface area contributed by atoms with Crippen molar-refractivity contribution >= 4 is 0 Å². The maximum absolute atomic E-state index is 5.54. The number of ether oxygens (including phenoxy) is 2. The molecule has 0 amide bonds. The first-order chi connectivity index (χ1) is 7.81. The first-order valence-electron chi connectivity index (χ1n) is 5.40. The van der Waals surface area contributed by atoms with E-state index in [2.05, 4.69) is 5.43 Å². The van der Waals surface area contributed by atoms with Gasteiger partial charge in [0.2, 0.25) is 0 Å². The second-order valence-corrected chi connectivity index (χ2v) is 3.63. The predicted octanol–water partition coefficient (Wildman–Crippen LogP) is 1.63. The van der Waals surface area contributed by atoms with Crippen LogP contribution in [0, 0.1) is 0 Å². The molecule has 0 heterocycles. The number of methoxy groups -OCH3 is 2. The molecule has 4 nitrogen and oxygen atoms in total. The first-order valence-corrected chi connectivity index (χ1v) is 5.40. The second-order valence-electron chi connectivity index (χ2n) is 3.63. The average Bonchev–Trinajstić information content (AvgIpc) is 2.35. The Morgan fingerprint density at radius 3 is 2.44 bits per heavy atom. The fourth-order valence-corrected chi connectivity index (χ4v) is 1.61. The standard InChI is InChI=1S/C12H20N2O2/c1-15-9-3-4-12(14-13)10-5-7-11(16-2)8-6-10/h5-8,12,14H,3-4,9,13H2,1-2H3. The number of hydrogen-bond donors (Lipinski definition) is 2. The summed E-state index contributed by atoms with van der Waals surface area (Å²) in [5.41, 5.74) is 3.98. The molecule has 90 valence electrons. The van der Waals surface area contributed by atoms with Gasteiger partial charge in [-0.1, -0.05) is 12.1 Å². The summed E-state index contributed by atoms with van der Waals surface area (Å²) < 4.78 is 10.1. The molecule has 16 heavy (non-hydrogen) atoms. The fraction of sp³-hybridized carbons (Fsp3) is 0.500. The molecule has 0 aromatic heterocycles. The van der Waals surface area contributed by atoms with Gasteiger partial charge >= 0.3 is 0 Å². The number of nitrogens with two attached hydrogens (primary N) is 1. The summed E-state index contributed by atoms with van der Waals surface area (Å²) in [6, 6.07) is 8.10. The number of hydrogen-bond acceptors (Lipinski definition) is 4. The summed E-state index contributed by atoms with van der Waals surface area (Å²) in [5.74, 6) is 6.39. The molecule has 3 N–H and O–H groups in total. The van der Waals surface area contributed by atoms with Crippen LogP contribution in [0.5, 0.6) is 5.75 Å². The molecule has 1 unspecified atom stereocenters. The lowest BCUT2D eigenvalue weighted by molar-refractivity contribution is 0.189. The largest absolute Gasteiger partial charge is 0.497 e. The Hall–Kier alpha value is -1.10. The Kier molecular flexibility index (Phi) is 5.85. The molecule has 0 aliphatic carbocycles. The molecule has 4 heteroatoms. The third-order valence-corrected chi connectivity index (χ3v) is 2.56. The molecule has 0 aliphatic heterocycles. The van der Waals surface area contributed by atoms with E-state index in [0.29, 0.717) is 0 Å². The van der Waals surface area contributed by atoms with Gasteiger partial charge in [-0.05, 0) is 30.5 Å². The van der Waals surface area contributed by atoms with E-state index in [4.69, 9.17) is 15.3 Å². The third kappa shape index (κ3) is 3.81. The van der Waals surface area contributed by atoms with Gasteiger partial charge in [0.25, 0.3) is 0 Å². The van der Waals surface area contributed by atoms with Crippen molar-refractivity contribution in [1.82, 2.24) is 5.43 Å². The minimum atomic E-state index is 0.168. The van der Waals surface area contributed by atoms with Gasteiger partial charge in [0.1, 0.15) is 5.75 Å². The Bertz CT molecular complexity index is 288. The molecule has 1 rings (SSSR count). The smallest absolute Gasteiger partial charge is 0.118 e. The summed E-state index contributed by atoms with van der Waals surface area (Å²) in [6.07, 6.45) is 1.94. The highest BCUT2D eigenvalue weighted by Gasteiger charge is 2.08. The van der Waals surface area contributed by atoms with Crippen LogP contribution in [0.15, 0.2) is 24.3 Å². The van der Waals surface area contributed by atoms with Crippen molar-refractivity contribution in [3.05, 3.63) is 29.8 Å². The quantitative estimate of drug-likeness (QED) is 0.420. The molecule has 1 atom stereocenters. The van der Waals surface area contributed by atoms with Crippen LogP contribution >= 0.6 is 0 Å². The molecule has 0 saturated heterocycles. The number of rotatable bonds is 7. The van der Waals surface area contributed by atoms with Crippen LogP contribution in [0.2, 0.25) is 0 Å². The zero-order chi connectivity index (χ0) is 11.8. The van der Waals surface area contributed by atoms with Gasteiger partial charge in [-0.3, -0.25) is 11.3 Å². The molecular formula is C12H20N2O2. The normalized spacial score (nSPS) is 12.4. The van der Waals surface area contributed by atoms with Gasteiger partial charge < -0.3 is 9.47 Å². The summed E-state index contributed by atoms with van der Waals surface area (Å²) in [7, 11) is 3.37. The van der Waals surface area contributed by atoms with Gasteiger partial charge in [0.15, 0.2) is 0 Å². The van der Waals surface area contributed by atoms with E-state index in [-0.39, 0.29) is 6.04 Å². The van der Waals surface area contributed by atoms with Gasteiger partial charge in [-0.25, -0.2) is 0 Å². The van der Waals surface area contributed by atoms with Crippen molar-refractivity contribution < 1.29 is 9.47 Å². The molecule has 0 saturated carbocycles. The van der Waals surface area contributed by atoms with E-state index in [1.54, 1.807) is 14.2 Å². The topological polar surface area (TPSA) is 56.5 Å². The van der Waals surface area contributed by atoms with Crippen molar-refractivity contribution in [2.24, 2.45) is 5.84 Å². The van der Waals surface area contributed by atoms with Crippen LogP contribution in [-0.2, 0) is 4.74 Å². The second kappa shape index (κ2) is 7.22. The number of benzene rings is 1. The van der Waals surface area contributed by atoms with Crippen LogP contribution in [0.25, 0.3) is 0 Å². The van der Waals surface area contributed by atoms with Crippen LogP contribution in [0.4, 0.5) is 0 Å². The van der Waals surface area contributed by atoms with Crippen molar-refractivity contribution in [3.63, 3.8) is 0 Å². The summed E-state index contributed by atoms with van der Waals surface area (Å²) >= 11 is 0. The SMILES string of the molecule is COCCCC(NN)c1ccc(OC)cc1. The van der Waals surface area contributed by atoms with E-state index in [0.717, 1.165) is 25.2 Å². The number of nitrogens with one attached hydrogen (secondary N) is 1. The van der Waals surface area contributed by atoms with Crippen LogP contribution in [0.1, 0.15) is 24.4 Å². The molecule has 0 radical (unpaired) electrons. The van der Waals surface area contributed by atoms with Crippen molar-refractivity contribution in [3.8, 4) is 5.75 Å². The predicted molar refractivity (Wildman–Crippen MR) is 64.2 cm³/mol. The van der Waals surface area contributed by atoms with E-state index < -0.39 is 0 Å². The molecule has 1 aromatic carbocycles. The highest BCUT2D eigenvalue weighted by Crippen LogP contribution is 2.20.